The molecule has 2 aliphatic rings. The van der Waals surface area contributed by atoms with E-state index >= 15 is 0 Å². The summed E-state index contributed by atoms with van der Waals surface area (Å²) in [5, 5.41) is 2.98. The minimum Gasteiger partial charge on any atom is -0.355 e. The van der Waals surface area contributed by atoms with Crippen LogP contribution in [0.5, 0.6) is 0 Å². The Balaban J connectivity index is 1.40. The van der Waals surface area contributed by atoms with Gasteiger partial charge < -0.3 is 10.2 Å². The van der Waals surface area contributed by atoms with E-state index in [1.165, 1.54) is 16.8 Å². The highest BCUT2D eigenvalue weighted by Gasteiger charge is 2.35. The lowest BCUT2D eigenvalue weighted by Crippen LogP contribution is -2.45. The zero-order valence-electron chi connectivity index (χ0n) is 20.1. The zero-order chi connectivity index (χ0) is 24.5. The van der Waals surface area contributed by atoms with Crippen molar-refractivity contribution >= 4 is 27.5 Å². The average Bonchev–Trinajstić information content (AvgIpc) is 3.15. The maximum Gasteiger partial charge on any atom is 0.243 e. The molecule has 1 fully saturated rings. The van der Waals surface area contributed by atoms with Gasteiger partial charge >= 0.3 is 0 Å². The molecule has 1 saturated heterocycles. The molecule has 0 radical (unpaired) electrons. The Morgan fingerprint density at radius 3 is 2.56 bits per heavy atom. The Bertz CT molecular complexity index is 1180. The summed E-state index contributed by atoms with van der Waals surface area (Å²) in [5.74, 6) is -0.495. The first-order valence-electron chi connectivity index (χ1n) is 11.9. The minimum absolute atomic E-state index is 0.00780. The van der Waals surface area contributed by atoms with Gasteiger partial charge in [-0.25, -0.2) is 8.42 Å². The van der Waals surface area contributed by atoms with Gasteiger partial charge in [-0.1, -0.05) is 29.8 Å². The van der Waals surface area contributed by atoms with Gasteiger partial charge in [0.15, 0.2) is 0 Å². The number of anilines is 1. The fraction of sp³-hybridized carbons (Fsp3) is 0.462. The molecule has 0 bridgehead atoms. The number of hydrogen-bond donors (Lipinski definition) is 1. The molecule has 0 aliphatic carbocycles. The molecule has 0 spiro atoms. The van der Waals surface area contributed by atoms with Crippen molar-refractivity contribution in [2.45, 2.75) is 57.4 Å². The fourth-order valence-electron chi connectivity index (χ4n) is 5.00. The lowest BCUT2D eigenvalue weighted by molar-refractivity contribution is -0.126. The van der Waals surface area contributed by atoms with Crippen LogP contribution in [0.3, 0.4) is 0 Å². The third kappa shape index (κ3) is 5.03. The maximum absolute atomic E-state index is 13.4. The maximum atomic E-state index is 13.4. The number of sulfonamides is 1. The van der Waals surface area contributed by atoms with E-state index in [1.807, 2.05) is 13.8 Å². The highest BCUT2D eigenvalue weighted by atomic mass is 32.2. The van der Waals surface area contributed by atoms with Crippen molar-refractivity contribution in [3.05, 3.63) is 59.2 Å². The summed E-state index contributed by atoms with van der Waals surface area (Å²) in [6.45, 7) is 6.64. The Morgan fingerprint density at radius 2 is 1.85 bits per heavy atom. The van der Waals surface area contributed by atoms with Gasteiger partial charge in [-0.05, 0) is 68.9 Å². The molecule has 2 aromatic carbocycles. The first-order valence-corrected chi connectivity index (χ1v) is 13.4. The number of rotatable bonds is 6. The number of hydrogen-bond acceptors (Lipinski definition) is 4. The molecule has 8 heteroatoms. The molecule has 1 N–H and O–H groups in total. The second-order valence-electron chi connectivity index (χ2n) is 9.46. The number of carbonyl (C=O) groups is 2. The lowest BCUT2D eigenvalue weighted by atomic mass is 9.98. The van der Waals surface area contributed by atoms with Gasteiger partial charge in [-0.15, -0.1) is 0 Å². The van der Waals surface area contributed by atoms with Gasteiger partial charge in [0.1, 0.15) is 0 Å². The van der Waals surface area contributed by atoms with Crippen LogP contribution in [0, 0.1) is 12.8 Å². The Hall–Kier alpha value is -2.71. The fourth-order valence-corrected chi connectivity index (χ4v) is 6.58. The molecule has 0 unspecified atom stereocenters. The molecule has 0 saturated carbocycles. The number of fused-ring (bicyclic) bond motifs is 1. The molecule has 2 heterocycles. The first-order chi connectivity index (χ1) is 16.2. The predicted octanol–water partition coefficient (Wildman–Crippen LogP) is 3.05. The van der Waals surface area contributed by atoms with E-state index in [0.29, 0.717) is 32.4 Å². The van der Waals surface area contributed by atoms with Gasteiger partial charge in [0.25, 0.3) is 0 Å². The van der Waals surface area contributed by atoms with Crippen molar-refractivity contribution in [2.75, 3.05) is 24.5 Å². The standard InChI is InChI=1S/C26H33N3O4S/c1-18-6-8-21(9-7-18)12-13-27-26(31)22-5-4-14-28(17-22)34(32,33)24-10-11-25-23(16-24)15-19(2)29(25)20(3)30/h6-11,16,19,22H,4-5,12-15,17H2,1-3H3,(H,27,31)/t19-,22-/m0/s1. The third-order valence-electron chi connectivity index (χ3n) is 6.83. The topological polar surface area (TPSA) is 86.8 Å². The van der Waals surface area contributed by atoms with Gasteiger partial charge in [-0.3, -0.25) is 9.59 Å². The minimum atomic E-state index is -3.72. The molecule has 182 valence electrons. The lowest BCUT2D eigenvalue weighted by Gasteiger charge is -2.31. The van der Waals surface area contributed by atoms with Crippen molar-refractivity contribution in [3.63, 3.8) is 0 Å². The largest absolute Gasteiger partial charge is 0.355 e. The second-order valence-corrected chi connectivity index (χ2v) is 11.4. The monoisotopic (exact) mass is 483 g/mol. The molecule has 34 heavy (non-hydrogen) atoms. The summed E-state index contributed by atoms with van der Waals surface area (Å²) in [5.41, 5.74) is 4.01. The van der Waals surface area contributed by atoms with Crippen LogP contribution in [0.4, 0.5) is 5.69 Å². The SMILES string of the molecule is CC(=O)N1c2ccc(S(=O)(=O)N3CCC[C@H](C(=O)NCCc4ccc(C)cc4)C3)cc2C[C@@H]1C. The summed E-state index contributed by atoms with van der Waals surface area (Å²) in [6, 6.07) is 13.2. The number of amides is 2. The normalized spacial score (nSPS) is 20.7. The Morgan fingerprint density at radius 1 is 1.12 bits per heavy atom. The summed E-state index contributed by atoms with van der Waals surface area (Å²) in [7, 11) is -3.72. The number of aryl methyl sites for hydroxylation is 1. The second kappa shape index (κ2) is 9.88. The zero-order valence-corrected chi connectivity index (χ0v) is 20.9. The Kier molecular flexibility index (Phi) is 7.09. The van der Waals surface area contributed by atoms with Crippen LogP contribution in [-0.4, -0.2) is 50.2 Å². The van der Waals surface area contributed by atoms with Crippen molar-refractivity contribution in [2.24, 2.45) is 5.92 Å². The van der Waals surface area contributed by atoms with Crippen LogP contribution in [-0.2, 0) is 32.5 Å². The molecular weight excluding hydrogens is 450 g/mol. The average molecular weight is 484 g/mol. The van der Waals surface area contributed by atoms with E-state index in [2.05, 4.69) is 29.6 Å². The first kappa shape index (κ1) is 24.4. The van der Waals surface area contributed by atoms with E-state index in [4.69, 9.17) is 0 Å². The highest BCUT2D eigenvalue weighted by Crippen LogP contribution is 2.35. The van der Waals surface area contributed by atoms with Crippen LogP contribution in [0.15, 0.2) is 47.4 Å². The molecule has 7 nitrogen and oxygen atoms in total. The van der Waals surface area contributed by atoms with E-state index in [9.17, 15) is 18.0 Å². The van der Waals surface area contributed by atoms with E-state index in [-0.39, 0.29) is 35.2 Å². The molecular formula is C26H33N3O4S. The quantitative estimate of drug-likeness (QED) is 0.684. The van der Waals surface area contributed by atoms with Crippen LogP contribution in [0.1, 0.15) is 43.4 Å². The predicted molar refractivity (Wildman–Crippen MR) is 132 cm³/mol. The smallest absolute Gasteiger partial charge is 0.243 e. The van der Waals surface area contributed by atoms with E-state index in [1.54, 1.807) is 23.1 Å². The summed E-state index contributed by atoms with van der Waals surface area (Å²) < 4.78 is 28.2. The van der Waals surface area contributed by atoms with Crippen LogP contribution >= 0.6 is 0 Å². The number of carbonyl (C=O) groups excluding carboxylic acids is 2. The van der Waals surface area contributed by atoms with E-state index < -0.39 is 10.0 Å². The molecule has 2 atom stereocenters. The Labute approximate surface area is 202 Å². The van der Waals surface area contributed by atoms with Crippen LogP contribution in [0.2, 0.25) is 0 Å². The van der Waals surface area contributed by atoms with Crippen LogP contribution < -0.4 is 10.2 Å². The van der Waals surface area contributed by atoms with Gasteiger partial charge in [-0.2, -0.15) is 4.31 Å². The third-order valence-corrected chi connectivity index (χ3v) is 8.69. The van der Waals surface area contributed by atoms with Gasteiger partial charge in [0.05, 0.1) is 10.8 Å². The van der Waals surface area contributed by atoms with Crippen LogP contribution in [0.25, 0.3) is 0 Å². The number of nitrogens with one attached hydrogen (secondary N) is 1. The molecule has 2 amide bonds. The summed E-state index contributed by atoms with van der Waals surface area (Å²) in [4.78, 5) is 26.7. The van der Waals surface area contributed by atoms with Gasteiger partial charge in [0.2, 0.25) is 21.8 Å². The summed E-state index contributed by atoms with van der Waals surface area (Å²) >= 11 is 0. The number of benzene rings is 2. The molecule has 0 aromatic heterocycles. The molecule has 4 rings (SSSR count). The molecule has 2 aromatic rings. The summed E-state index contributed by atoms with van der Waals surface area (Å²) in [6.07, 6.45) is 2.70. The van der Waals surface area contributed by atoms with Crippen molar-refractivity contribution in [1.29, 1.82) is 0 Å². The van der Waals surface area contributed by atoms with Crippen molar-refractivity contribution < 1.29 is 18.0 Å². The van der Waals surface area contributed by atoms with E-state index in [0.717, 1.165) is 23.2 Å². The van der Waals surface area contributed by atoms with Crippen molar-refractivity contribution in [3.8, 4) is 0 Å². The van der Waals surface area contributed by atoms with Gasteiger partial charge in [0, 0.05) is 38.3 Å². The number of nitrogens with zero attached hydrogens (tertiary/aromatic N) is 2. The highest BCUT2D eigenvalue weighted by molar-refractivity contribution is 7.89. The molecule has 2 aliphatic heterocycles. The van der Waals surface area contributed by atoms with Crippen molar-refractivity contribution in [1.82, 2.24) is 9.62 Å². The number of piperidine rings is 1.